The van der Waals surface area contributed by atoms with Gasteiger partial charge < -0.3 is 10.0 Å². The maximum absolute atomic E-state index is 11.6. The third-order valence-electron chi connectivity index (χ3n) is 4.38. The van der Waals surface area contributed by atoms with E-state index in [9.17, 15) is 5.11 Å². The lowest BCUT2D eigenvalue weighted by Gasteiger charge is -2.28. The van der Waals surface area contributed by atoms with E-state index in [0.717, 1.165) is 26.9 Å². The predicted molar refractivity (Wildman–Crippen MR) is 118 cm³/mol. The highest BCUT2D eigenvalue weighted by Gasteiger charge is 2.29. The van der Waals surface area contributed by atoms with Gasteiger partial charge in [-0.1, -0.05) is 78.9 Å². The molecular formula is C23H22INO. The number of para-hydroxylation sites is 1. The van der Waals surface area contributed by atoms with Gasteiger partial charge in [-0.05, 0) is 51.9 Å². The highest BCUT2D eigenvalue weighted by molar-refractivity contribution is 14.1. The summed E-state index contributed by atoms with van der Waals surface area (Å²) in [6.45, 7) is 0.729. The van der Waals surface area contributed by atoms with E-state index in [1.54, 1.807) is 0 Å². The van der Waals surface area contributed by atoms with Gasteiger partial charge in [0.15, 0.2) is 0 Å². The van der Waals surface area contributed by atoms with Crippen LogP contribution in [0.1, 0.15) is 11.1 Å². The number of hydrogen-bond donors (Lipinski definition) is 1. The van der Waals surface area contributed by atoms with Crippen molar-refractivity contribution in [2.75, 3.05) is 18.5 Å². The van der Waals surface area contributed by atoms with Crippen LogP contribution < -0.4 is 4.90 Å². The van der Waals surface area contributed by atoms with Crippen LogP contribution in [0.25, 0.3) is 0 Å². The van der Waals surface area contributed by atoms with Crippen molar-refractivity contribution in [3.63, 3.8) is 0 Å². The van der Waals surface area contributed by atoms with Crippen molar-refractivity contribution in [3.8, 4) is 0 Å². The maximum Gasteiger partial charge on any atom is 0.134 e. The summed E-state index contributed by atoms with van der Waals surface area (Å²) in [6, 6.07) is 29.9. The molecule has 0 fully saturated rings. The summed E-state index contributed by atoms with van der Waals surface area (Å²) in [4.78, 5) is 2.18. The molecule has 0 spiro atoms. The van der Waals surface area contributed by atoms with Gasteiger partial charge in [0.1, 0.15) is 5.60 Å². The molecule has 0 aliphatic carbocycles. The van der Waals surface area contributed by atoms with E-state index in [2.05, 4.69) is 46.7 Å². The number of likely N-dealkylation sites (N-methyl/N-ethyl adjacent to an activating group) is 1. The molecule has 0 heterocycles. The molecule has 0 atom stereocenters. The standard InChI is InChI=1S/C23H22INO/c1-25(22-15-9-4-10-16-22)18-21(24)17-23(26,19-11-5-2-6-12-19)20-13-7-3-8-14-20/h2-17,26H,18H2,1H3/b21-17-. The third-order valence-corrected chi connectivity index (χ3v) is 5.03. The number of halogens is 1. The first kappa shape index (κ1) is 18.7. The lowest BCUT2D eigenvalue weighted by molar-refractivity contribution is 0.134. The second kappa shape index (κ2) is 8.52. The van der Waals surface area contributed by atoms with Crippen molar-refractivity contribution in [1.82, 2.24) is 0 Å². The van der Waals surface area contributed by atoms with E-state index in [-0.39, 0.29) is 0 Å². The number of benzene rings is 3. The zero-order chi connectivity index (χ0) is 18.4. The Balaban J connectivity index is 1.94. The van der Waals surface area contributed by atoms with Crippen molar-refractivity contribution in [1.29, 1.82) is 0 Å². The van der Waals surface area contributed by atoms with E-state index < -0.39 is 5.60 Å². The van der Waals surface area contributed by atoms with Crippen molar-refractivity contribution >= 4 is 28.3 Å². The van der Waals surface area contributed by atoms with Gasteiger partial charge >= 0.3 is 0 Å². The second-order valence-electron chi connectivity index (χ2n) is 6.28. The van der Waals surface area contributed by atoms with Gasteiger partial charge in [0.2, 0.25) is 0 Å². The molecule has 132 valence electrons. The average Bonchev–Trinajstić information content (AvgIpc) is 2.70. The van der Waals surface area contributed by atoms with Gasteiger partial charge in [0, 0.05) is 22.9 Å². The van der Waals surface area contributed by atoms with Crippen LogP contribution in [0, 0.1) is 0 Å². The van der Waals surface area contributed by atoms with E-state index in [1.807, 2.05) is 84.9 Å². The van der Waals surface area contributed by atoms with Crippen LogP contribution in [-0.2, 0) is 5.60 Å². The van der Waals surface area contributed by atoms with Crippen LogP contribution in [0.4, 0.5) is 5.69 Å². The fourth-order valence-electron chi connectivity index (χ4n) is 2.99. The number of anilines is 1. The van der Waals surface area contributed by atoms with Gasteiger partial charge in [0.25, 0.3) is 0 Å². The molecule has 0 unspecified atom stereocenters. The Bertz CT molecular complexity index is 808. The first-order valence-corrected chi connectivity index (χ1v) is 9.64. The Morgan fingerprint density at radius 2 is 1.27 bits per heavy atom. The summed E-state index contributed by atoms with van der Waals surface area (Å²) in [6.07, 6.45) is 1.96. The van der Waals surface area contributed by atoms with Gasteiger partial charge in [0.05, 0.1) is 0 Å². The Morgan fingerprint density at radius 3 is 1.73 bits per heavy atom. The fourth-order valence-corrected chi connectivity index (χ4v) is 3.95. The Kier molecular flexibility index (Phi) is 6.12. The SMILES string of the molecule is CN(C/C(I)=C/C(O)(c1ccccc1)c1ccccc1)c1ccccc1. The minimum atomic E-state index is -1.16. The second-order valence-corrected chi connectivity index (χ2v) is 7.67. The van der Waals surface area contributed by atoms with Crippen LogP contribution in [0.15, 0.2) is 101 Å². The minimum Gasteiger partial charge on any atom is -0.377 e. The molecule has 26 heavy (non-hydrogen) atoms. The number of hydrogen-bond acceptors (Lipinski definition) is 2. The van der Waals surface area contributed by atoms with Crippen molar-refractivity contribution in [2.24, 2.45) is 0 Å². The maximum atomic E-state index is 11.6. The molecule has 0 aromatic heterocycles. The fraction of sp³-hybridized carbons (Fsp3) is 0.130. The number of nitrogens with zero attached hydrogens (tertiary/aromatic N) is 1. The van der Waals surface area contributed by atoms with Gasteiger partial charge in [-0.3, -0.25) is 0 Å². The van der Waals surface area contributed by atoms with Gasteiger partial charge in [-0.15, -0.1) is 0 Å². The monoisotopic (exact) mass is 455 g/mol. The summed E-state index contributed by atoms with van der Waals surface area (Å²) >= 11 is 2.32. The molecule has 2 nitrogen and oxygen atoms in total. The van der Waals surface area contributed by atoms with Crippen molar-refractivity contribution in [2.45, 2.75) is 5.60 Å². The van der Waals surface area contributed by atoms with Crippen LogP contribution >= 0.6 is 22.6 Å². The highest BCUT2D eigenvalue weighted by Crippen LogP contribution is 2.33. The Morgan fingerprint density at radius 1 is 0.846 bits per heavy atom. The summed E-state index contributed by atoms with van der Waals surface area (Å²) in [5.74, 6) is 0. The zero-order valence-corrected chi connectivity index (χ0v) is 16.9. The average molecular weight is 455 g/mol. The minimum absolute atomic E-state index is 0.729. The van der Waals surface area contributed by atoms with E-state index in [1.165, 1.54) is 0 Å². The van der Waals surface area contributed by atoms with Gasteiger partial charge in [-0.2, -0.15) is 0 Å². The zero-order valence-electron chi connectivity index (χ0n) is 14.7. The Hall–Kier alpha value is -2.11. The molecule has 1 N–H and O–H groups in total. The van der Waals surface area contributed by atoms with Crippen LogP contribution in [-0.4, -0.2) is 18.7 Å². The molecule has 0 amide bonds. The highest BCUT2D eigenvalue weighted by atomic mass is 127. The van der Waals surface area contributed by atoms with Crippen molar-refractivity contribution < 1.29 is 5.11 Å². The lowest BCUT2D eigenvalue weighted by Crippen LogP contribution is -2.26. The first-order chi connectivity index (χ1) is 12.6. The summed E-state index contributed by atoms with van der Waals surface area (Å²) in [5.41, 5.74) is 1.72. The normalized spacial score (nSPS) is 12.0. The number of rotatable bonds is 6. The van der Waals surface area contributed by atoms with E-state index in [0.29, 0.717) is 0 Å². The number of aliphatic hydroxyl groups is 1. The van der Waals surface area contributed by atoms with E-state index in [4.69, 9.17) is 0 Å². The summed E-state index contributed by atoms with van der Waals surface area (Å²) in [5, 5.41) is 11.6. The van der Waals surface area contributed by atoms with Crippen LogP contribution in [0.5, 0.6) is 0 Å². The molecule has 0 aliphatic rings. The molecule has 3 rings (SSSR count). The molecule has 0 saturated carbocycles. The molecule has 0 aliphatic heterocycles. The topological polar surface area (TPSA) is 23.5 Å². The van der Waals surface area contributed by atoms with Crippen LogP contribution in [0.3, 0.4) is 0 Å². The smallest absolute Gasteiger partial charge is 0.134 e. The quantitative estimate of drug-likeness (QED) is 0.505. The largest absolute Gasteiger partial charge is 0.377 e. The molecular weight excluding hydrogens is 433 g/mol. The summed E-state index contributed by atoms with van der Waals surface area (Å²) < 4.78 is 1.07. The van der Waals surface area contributed by atoms with Gasteiger partial charge in [-0.25, -0.2) is 0 Å². The molecule has 0 bridgehead atoms. The van der Waals surface area contributed by atoms with Crippen molar-refractivity contribution in [3.05, 3.63) is 112 Å². The molecule has 0 saturated heterocycles. The predicted octanol–water partition coefficient (Wildman–Crippen LogP) is 5.38. The third kappa shape index (κ3) is 4.34. The summed E-state index contributed by atoms with van der Waals surface area (Å²) in [7, 11) is 2.06. The first-order valence-electron chi connectivity index (χ1n) is 8.56. The Labute approximate surface area is 168 Å². The van der Waals surface area contributed by atoms with E-state index >= 15 is 0 Å². The molecule has 3 aromatic rings. The molecule has 3 heteroatoms. The molecule has 3 aromatic carbocycles. The molecule has 0 radical (unpaired) electrons. The van der Waals surface area contributed by atoms with Crippen LogP contribution in [0.2, 0.25) is 0 Å². The lowest BCUT2D eigenvalue weighted by atomic mass is 9.86.